The first-order chi connectivity index (χ1) is 11.7. The maximum Gasteiger partial charge on any atom is 0.272 e. The van der Waals surface area contributed by atoms with Crippen molar-refractivity contribution in [2.24, 2.45) is 0 Å². The van der Waals surface area contributed by atoms with Crippen LogP contribution < -0.4 is 5.32 Å². The van der Waals surface area contributed by atoms with Crippen molar-refractivity contribution in [1.82, 2.24) is 19.8 Å². The Labute approximate surface area is 140 Å². The number of aromatic nitrogens is 2. The van der Waals surface area contributed by atoms with Gasteiger partial charge in [-0.1, -0.05) is 12.1 Å². The summed E-state index contributed by atoms with van der Waals surface area (Å²) in [6, 6.07) is 10.9. The zero-order valence-corrected chi connectivity index (χ0v) is 13.4. The van der Waals surface area contributed by atoms with Crippen LogP contribution >= 0.6 is 0 Å². The van der Waals surface area contributed by atoms with E-state index in [0.717, 1.165) is 13.1 Å². The number of carbonyl (C=O) groups excluding carboxylic acids is 1. The molecule has 2 heterocycles. The second kappa shape index (κ2) is 7.06. The number of rotatable bonds is 3. The number of nitriles is 1. The molecule has 7 nitrogen and oxygen atoms in total. The van der Waals surface area contributed by atoms with Gasteiger partial charge in [-0.2, -0.15) is 5.26 Å². The first kappa shape index (κ1) is 15.9. The normalized spacial score (nSPS) is 14.9. The Morgan fingerprint density at radius 2 is 1.96 bits per heavy atom. The van der Waals surface area contributed by atoms with Crippen molar-refractivity contribution < 1.29 is 4.79 Å². The van der Waals surface area contributed by atoms with Gasteiger partial charge in [-0.25, -0.2) is 9.97 Å². The van der Waals surface area contributed by atoms with E-state index in [4.69, 9.17) is 5.26 Å². The van der Waals surface area contributed by atoms with Crippen LogP contribution in [0, 0.1) is 11.3 Å². The van der Waals surface area contributed by atoms with Crippen LogP contribution in [-0.2, 0) is 0 Å². The molecule has 0 atom stereocenters. The van der Waals surface area contributed by atoms with E-state index in [2.05, 4.69) is 26.3 Å². The Balaban J connectivity index is 1.77. The van der Waals surface area contributed by atoms with E-state index in [1.165, 1.54) is 6.33 Å². The van der Waals surface area contributed by atoms with Crippen molar-refractivity contribution in [3.05, 3.63) is 47.9 Å². The summed E-state index contributed by atoms with van der Waals surface area (Å²) in [5.41, 5.74) is 1.52. The van der Waals surface area contributed by atoms with Crippen molar-refractivity contribution >= 4 is 17.4 Å². The van der Waals surface area contributed by atoms with E-state index in [1.54, 1.807) is 29.2 Å². The number of anilines is 2. The molecule has 0 spiro atoms. The second-order valence-corrected chi connectivity index (χ2v) is 5.67. The van der Waals surface area contributed by atoms with E-state index in [1.807, 2.05) is 13.1 Å². The van der Waals surface area contributed by atoms with Crippen LogP contribution in [0.3, 0.4) is 0 Å². The molecule has 1 saturated heterocycles. The second-order valence-electron chi connectivity index (χ2n) is 5.67. The number of hydrogen-bond donors (Lipinski definition) is 1. The molecule has 0 saturated carbocycles. The largest absolute Gasteiger partial charge is 0.339 e. The molecular formula is C17H18N6O. The highest BCUT2D eigenvalue weighted by molar-refractivity contribution is 5.93. The molecule has 24 heavy (non-hydrogen) atoms. The van der Waals surface area contributed by atoms with Gasteiger partial charge < -0.3 is 15.1 Å². The quantitative estimate of drug-likeness (QED) is 0.921. The minimum Gasteiger partial charge on any atom is -0.339 e. The van der Waals surface area contributed by atoms with Gasteiger partial charge in [0.05, 0.1) is 11.3 Å². The number of nitrogens with zero attached hydrogens (tertiary/aromatic N) is 5. The average molecular weight is 322 g/mol. The molecule has 1 aliphatic rings. The van der Waals surface area contributed by atoms with Gasteiger partial charge in [-0.3, -0.25) is 4.79 Å². The minimum atomic E-state index is -0.0953. The van der Waals surface area contributed by atoms with Crippen molar-refractivity contribution in [2.45, 2.75) is 0 Å². The molecule has 1 amide bonds. The Bertz CT molecular complexity index is 777. The van der Waals surface area contributed by atoms with Crippen LogP contribution in [0.5, 0.6) is 0 Å². The number of para-hydroxylation sites is 1. The summed E-state index contributed by atoms with van der Waals surface area (Å²) in [7, 11) is 2.04. The van der Waals surface area contributed by atoms with E-state index in [0.29, 0.717) is 35.9 Å². The van der Waals surface area contributed by atoms with Crippen LogP contribution in [-0.4, -0.2) is 58.9 Å². The highest BCUT2D eigenvalue weighted by atomic mass is 16.2. The number of benzene rings is 1. The van der Waals surface area contributed by atoms with Gasteiger partial charge in [0.2, 0.25) is 0 Å². The molecule has 122 valence electrons. The number of amides is 1. The molecule has 3 rings (SSSR count). The predicted octanol–water partition coefficient (Wildman–Crippen LogP) is 1.48. The SMILES string of the molecule is CN1CCN(C(=O)c2cc(Nc3ccccc3C#N)ncn2)CC1. The van der Waals surface area contributed by atoms with Gasteiger partial charge in [-0.15, -0.1) is 0 Å². The topological polar surface area (TPSA) is 85.1 Å². The van der Waals surface area contributed by atoms with Crippen LogP contribution in [0.15, 0.2) is 36.7 Å². The van der Waals surface area contributed by atoms with E-state index in [-0.39, 0.29) is 5.91 Å². The molecule has 1 aromatic carbocycles. The third-order valence-electron chi connectivity index (χ3n) is 3.99. The minimum absolute atomic E-state index is 0.0953. The summed E-state index contributed by atoms with van der Waals surface area (Å²) in [6.07, 6.45) is 1.36. The van der Waals surface area contributed by atoms with Crippen molar-refractivity contribution in [1.29, 1.82) is 5.26 Å². The summed E-state index contributed by atoms with van der Waals surface area (Å²) in [4.78, 5) is 24.8. The lowest BCUT2D eigenvalue weighted by Crippen LogP contribution is -2.47. The first-order valence-electron chi connectivity index (χ1n) is 7.73. The monoisotopic (exact) mass is 322 g/mol. The molecule has 0 radical (unpaired) electrons. The molecule has 1 fully saturated rings. The van der Waals surface area contributed by atoms with Crippen molar-refractivity contribution in [3.63, 3.8) is 0 Å². The lowest BCUT2D eigenvalue weighted by Gasteiger charge is -2.32. The standard InChI is InChI=1S/C17H18N6O/c1-22-6-8-23(9-7-22)17(24)15-10-16(20-12-19-15)21-14-5-3-2-4-13(14)11-18/h2-5,10,12H,6-9H2,1H3,(H,19,20,21). The summed E-state index contributed by atoms with van der Waals surface area (Å²) < 4.78 is 0. The van der Waals surface area contributed by atoms with E-state index >= 15 is 0 Å². The van der Waals surface area contributed by atoms with Gasteiger partial charge in [0.25, 0.3) is 5.91 Å². The molecule has 0 bridgehead atoms. The lowest BCUT2D eigenvalue weighted by atomic mass is 10.2. The van der Waals surface area contributed by atoms with Gasteiger partial charge in [0, 0.05) is 32.2 Å². The molecule has 1 aromatic heterocycles. The molecule has 1 aliphatic heterocycles. The molecule has 2 aromatic rings. The Hall–Kier alpha value is -2.98. The van der Waals surface area contributed by atoms with Crippen molar-refractivity contribution in [3.8, 4) is 6.07 Å². The Morgan fingerprint density at radius 3 is 2.71 bits per heavy atom. The van der Waals surface area contributed by atoms with Crippen molar-refractivity contribution in [2.75, 3.05) is 38.5 Å². The molecule has 0 unspecified atom stereocenters. The number of likely N-dealkylation sites (N-methyl/N-ethyl adjacent to an activating group) is 1. The molecule has 0 aliphatic carbocycles. The Kier molecular flexibility index (Phi) is 4.68. The zero-order valence-electron chi connectivity index (χ0n) is 13.4. The third kappa shape index (κ3) is 3.50. The molecular weight excluding hydrogens is 304 g/mol. The van der Waals surface area contributed by atoms with Gasteiger partial charge in [0.1, 0.15) is 23.9 Å². The van der Waals surface area contributed by atoms with Crippen LogP contribution in [0.25, 0.3) is 0 Å². The number of nitrogens with one attached hydrogen (secondary N) is 1. The van der Waals surface area contributed by atoms with Crippen LogP contribution in [0.1, 0.15) is 16.1 Å². The summed E-state index contributed by atoms with van der Waals surface area (Å²) in [5.74, 6) is 0.396. The fourth-order valence-corrected chi connectivity index (χ4v) is 2.54. The van der Waals surface area contributed by atoms with Crippen LogP contribution in [0.4, 0.5) is 11.5 Å². The van der Waals surface area contributed by atoms with E-state index < -0.39 is 0 Å². The van der Waals surface area contributed by atoms with E-state index in [9.17, 15) is 4.79 Å². The highest BCUT2D eigenvalue weighted by Gasteiger charge is 2.21. The Morgan fingerprint density at radius 1 is 1.21 bits per heavy atom. The maximum absolute atomic E-state index is 12.6. The van der Waals surface area contributed by atoms with Gasteiger partial charge in [0.15, 0.2) is 0 Å². The predicted molar refractivity (Wildman–Crippen MR) is 89.9 cm³/mol. The maximum atomic E-state index is 12.6. The summed E-state index contributed by atoms with van der Waals surface area (Å²) >= 11 is 0. The summed E-state index contributed by atoms with van der Waals surface area (Å²) in [6.45, 7) is 3.10. The van der Waals surface area contributed by atoms with Crippen LogP contribution in [0.2, 0.25) is 0 Å². The first-order valence-corrected chi connectivity index (χ1v) is 7.73. The highest BCUT2D eigenvalue weighted by Crippen LogP contribution is 2.19. The molecule has 7 heteroatoms. The smallest absolute Gasteiger partial charge is 0.272 e. The fraction of sp³-hybridized carbons (Fsp3) is 0.294. The number of hydrogen-bond acceptors (Lipinski definition) is 6. The summed E-state index contributed by atoms with van der Waals surface area (Å²) in [5, 5.41) is 12.2. The third-order valence-corrected chi connectivity index (χ3v) is 3.99. The molecule has 1 N–H and O–H groups in total. The number of carbonyl (C=O) groups is 1. The fourth-order valence-electron chi connectivity index (χ4n) is 2.54. The zero-order chi connectivity index (χ0) is 16.9. The average Bonchev–Trinajstić information content (AvgIpc) is 2.62. The number of piperazine rings is 1. The lowest BCUT2D eigenvalue weighted by molar-refractivity contribution is 0.0658. The van der Waals surface area contributed by atoms with Gasteiger partial charge >= 0.3 is 0 Å². The van der Waals surface area contributed by atoms with Gasteiger partial charge in [-0.05, 0) is 19.2 Å².